The third-order valence-corrected chi connectivity index (χ3v) is 21.4. The second-order valence-electron chi connectivity index (χ2n) is 35.0. The van der Waals surface area contributed by atoms with Gasteiger partial charge in [-0.3, -0.25) is 19.9 Å². The first-order chi connectivity index (χ1) is 59.7. The molecule has 0 atom stereocenters. The molecule has 0 N–H and O–H groups in total. The first kappa shape index (κ1) is 98.3. The van der Waals surface area contributed by atoms with Crippen molar-refractivity contribution >= 4 is 46.7 Å². The number of aromatic nitrogens is 8. The van der Waals surface area contributed by atoms with Crippen LogP contribution in [0.4, 0.5) is 0 Å². The molecular weight excluding hydrogens is 1960 g/mol. The maximum atomic E-state index is 7.07. The minimum Gasteiger partial charge on any atom is -0.509 e. The van der Waals surface area contributed by atoms with Crippen molar-refractivity contribution in [2.45, 2.75) is 174 Å². The molecular formula is C106H102B2N8O8Pd4. The molecule has 0 bridgehead atoms. The predicted molar refractivity (Wildman–Crippen MR) is 491 cm³/mol. The maximum absolute atomic E-state index is 7.07. The smallest absolute Gasteiger partial charge is 0.509 e. The number of pyridine rings is 4. The van der Waals surface area contributed by atoms with Crippen LogP contribution >= 0.6 is 0 Å². The van der Waals surface area contributed by atoms with Crippen LogP contribution < -0.4 is 71.2 Å². The Morgan fingerprint density at radius 3 is 1.03 bits per heavy atom. The van der Waals surface area contributed by atoms with E-state index in [1.807, 2.05) is 148 Å². The van der Waals surface area contributed by atoms with E-state index in [0.29, 0.717) is 128 Å². The summed E-state index contributed by atoms with van der Waals surface area (Å²) < 4.78 is 51.7. The summed E-state index contributed by atoms with van der Waals surface area (Å²) in [5, 5.41) is 0. The second-order valence-corrected chi connectivity index (χ2v) is 35.0. The number of hydrogen-bond acceptors (Lipinski definition) is 16. The number of fused-ring (bicyclic) bond motifs is 6. The fourth-order valence-electron chi connectivity index (χ4n) is 15.2. The first-order valence-corrected chi connectivity index (χ1v) is 43.0. The van der Waals surface area contributed by atoms with Crippen molar-refractivity contribution < 1.29 is 120 Å². The summed E-state index contributed by atoms with van der Waals surface area (Å²) in [6.45, 7) is 38.1. The molecule has 0 spiro atoms. The zero-order valence-electron chi connectivity index (χ0n) is 75.2. The molecule has 14 aromatic rings. The van der Waals surface area contributed by atoms with Crippen LogP contribution in [0.3, 0.4) is 0 Å². The van der Waals surface area contributed by atoms with Crippen LogP contribution in [0.15, 0.2) is 195 Å². The molecule has 0 saturated carbocycles. The van der Waals surface area contributed by atoms with Gasteiger partial charge in [0.2, 0.25) is 36.9 Å². The minimum atomic E-state index is -0.406. The second kappa shape index (κ2) is 44.3. The standard InChI is InChI=1S/C57H59BN4O4.C49H43BN4O4.4Pd/c1-35(2)23-40-17-19-45(64-54-15-11-13-21-59-54)30-51(40)63-47-27-43(26-38(7)8)56-48-28-42(25-37(5)6)53(32-49(48)58(50(56)29-47)57-61-33-44(34-62-57)39(9)10)66-52-31-46(20-18-41(52)24-36(3)4)65-55-16-12-14-22-60-55;1-29(2)34-19-39(23-41(21-34)57-47-17-32(7)13-15-51-47)55-37-9-11-43-44-12-10-38(26-46(44)50(45(43)25-37)49-53-27-36(28-54-49)31(5)6)56-40-20-35(30(3)4)22-42(24-40)58-48-18-33(8)14-16-52-48;;;;/h11-22,27-28,33-39H,23-26H2,1-10H3;9-22,27-31H,1-8H3;;;;/q2*-4;4*+2. The number of benzene rings is 8. The molecule has 0 fully saturated rings. The average molecular weight is 2060 g/mol. The Bertz CT molecular complexity index is 5970. The molecule has 16 nitrogen and oxygen atoms in total. The third kappa shape index (κ3) is 24.4. The van der Waals surface area contributed by atoms with Crippen LogP contribution in [0.25, 0.3) is 22.3 Å². The van der Waals surface area contributed by atoms with Crippen LogP contribution in [-0.2, 0) is 107 Å². The molecule has 2 aliphatic rings. The molecule has 660 valence electrons. The molecule has 8 aromatic carbocycles. The van der Waals surface area contributed by atoms with Crippen LogP contribution in [0.1, 0.15) is 190 Å². The van der Waals surface area contributed by atoms with Crippen LogP contribution in [-0.4, -0.2) is 53.3 Å². The summed E-state index contributed by atoms with van der Waals surface area (Å²) in [6, 6.07) is 75.5. The van der Waals surface area contributed by atoms with Crippen LogP contribution in [0, 0.1) is 86.1 Å². The number of nitrogens with zero attached hydrogens (tertiary/aromatic N) is 8. The topological polar surface area (TPSA) is 177 Å². The van der Waals surface area contributed by atoms with Crippen LogP contribution in [0.2, 0.25) is 0 Å². The van der Waals surface area contributed by atoms with Crippen molar-refractivity contribution in [3.8, 4) is 115 Å². The molecule has 22 heteroatoms. The van der Waals surface area contributed by atoms with E-state index in [2.05, 4.69) is 216 Å². The van der Waals surface area contributed by atoms with Gasteiger partial charge in [0.05, 0.1) is 11.4 Å². The van der Waals surface area contributed by atoms with E-state index in [1.54, 1.807) is 24.8 Å². The van der Waals surface area contributed by atoms with Gasteiger partial charge < -0.3 is 37.9 Å². The zero-order chi connectivity index (χ0) is 87.0. The van der Waals surface area contributed by atoms with Crippen molar-refractivity contribution in [3.05, 3.63) is 299 Å². The molecule has 0 unspecified atom stereocenters. The van der Waals surface area contributed by atoms with E-state index >= 15 is 0 Å². The van der Waals surface area contributed by atoms with Crippen molar-refractivity contribution in [3.63, 3.8) is 0 Å². The van der Waals surface area contributed by atoms with E-state index in [0.717, 1.165) is 125 Å². The van der Waals surface area contributed by atoms with Gasteiger partial charge >= 0.3 is 81.7 Å². The Balaban J connectivity index is 0.000000242. The molecule has 0 amide bonds. The van der Waals surface area contributed by atoms with Crippen LogP contribution in [0.5, 0.6) is 92.5 Å². The maximum Gasteiger partial charge on any atom is 2.00 e. The molecule has 2 aliphatic heterocycles. The van der Waals surface area contributed by atoms with E-state index in [1.165, 1.54) is 0 Å². The quantitative estimate of drug-likeness (QED) is 0.0306. The fourth-order valence-corrected chi connectivity index (χ4v) is 15.2. The molecule has 0 radical (unpaired) electrons. The summed E-state index contributed by atoms with van der Waals surface area (Å²) in [4.78, 5) is 37.4. The van der Waals surface area contributed by atoms with Crippen molar-refractivity contribution in [1.82, 2.24) is 39.9 Å². The number of hydrogen-bond donors (Lipinski definition) is 0. The summed E-state index contributed by atoms with van der Waals surface area (Å²) in [5.74, 6) is 11.0. The van der Waals surface area contributed by atoms with Gasteiger partial charge in [0, 0.05) is 143 Å². The van der Waals surface area contributed by atoms with Crippen molar-refractivity contribution in [2.75, 3.05) is 0 Å². The predicted octanol–water partition coefficient (Wildman–Crippen LogP) is 22.2. The van der Waals surface area contributed by atoms with Gasteiger partial charge in [0.1, 0.15) is 0 Å². The normalized spacial score (nSPS) is 11.6. The van der Waals surface area contributed by atoms with Gasteiger partial charge in [0.15, 0.2) is 0 Å². The molecule has 8 heterocycles. The summed E-state index contributed by atoms with van der Waals surface area (Å²) >= 11 is 0. The molecule has 6 aromatic heterocycles. The molecule has 128 heavy (non-hydrogen) atoms. The molecule has 0 aliphatic carbocycles. The SMILES string of the molecule is CC(C)Cc1ccc(Oc2ccccn2)[c-]c1Oc1[c-]c2c(c(CC(C)C)c1)-c1cc(CC(C)C)c(Oc3[c-]c(Oc4ccccn4)ccc3CC(C)C)[c-]c1B2c1ncc(C(C)C)cn1.Cc1ccnc(Oc2[c-]c(Oc3[c-]c4c(cc3)-c3ccc(Oc5[c-]c(Oc6cc(C)ccn6)cc(C(C)C)c5)[c-]c3B4c3ncc(C(C)C)cn3)cc(C(C)C)c2)c1.[Pd+2].[Pd+2].[Pd+2].[Pd+2]. The minimum absolute atomic E-state index is 0. The number of ether oxygens (including phenoxy) is 8. The van der Waals surface area contributed by atoms with Gasteiger partial charge in [-0.2, -0.15) is 80.0 Å². The Hall–Kier alpha value is -10.3. The van der Waals surface area contributed by atoms with E-state index < -0.39 is 6.71 Å². The third-order valence-electron chi connectivity index (χ3n) is 21.4. The number of aryl methyl sites for hydroxylation is 2. The average Bonchev–Trinajstić information content (AvgIpc) is 1.57. The van der Waals surface area contributed by atoms with Gasteiger partial charge in [-0.15, -0.1) is 107 Å². The summed E-state index contributed by atoms with van der Waals surface area (Å²) in [7, 11) is 0. The fraction of sp³-hybridized carbons (Fsp3) is 0.283. The van der Waals surface area contributed by atoms with E-state index in [-0.39, 0.29) is 112 Å². The van der Waals surface area contributed by atoms with Gasteiger partial charge in [0.25, 0.3) is 0 Å². The summed E-state index contributed by atoms with van der Waals surface area (Å²) in [6.07, 6.45) is 17.8. The Morgan fingerprint density at radius 2 is 0.617 bits per heavy atom. The van der Waals surface area contributed by atoms with E-state index in [9.17, 15) is 0 Å². The Labute approximate surface area is 811 Å². The van der Waals surface area contributed by atoms with Crippen molar-refractivity contribution in [1.29, 1.82) is 0 Å². The largest absolute Gasteiger partial charge is 2.00 e. The van der Waals surface area contributed by atoms with E-state index in [4.69, 9.17) is 57.8 Å². The monoisotopic (exact) mass is 2060 g/mol. The summed E-state index contributed by atoms with van der Waals surface area (Å²) in [5.41, 5.74) is 19.8. The Kier molecular flexibility index (Phi) is 34.1. The van der Waals surface area contributed by atoms with Gasteiger partial charge in [-0.1, -0.05) is 184 Å². The van der Waals surface area contributed by atoms with Gasteiger partial charge in [-0.25, -0.2) is 19.9 Å². The molecule has 16 rings (SSSR count). The van der Waals surface area contributed by atoms with Gasteiger partial charge in [-0.05, 0) is 96.4 Å². The first-order valence-electron chi connectivity index (χ1n) is 43.0. The zero-order valence-corrected chi connectivity index (χ0v) is 81.4. The molecule has 0 saturated heterocycles. The number of rotatable bonds is 30. The van der Waals surface area contributed by atoms with Crippen molar-refractivity contribution in [2.24, 2.45) is 23.7 Å². The Morgan fingerprint density at radius 1 is 0.266 bits per heavy atom.